The molecule has 172 valence electrons. The fraction of sp³-hybridized carbons (Fsp3) is 0.455. The molecule has 0 aliphatic carbocycles. The predicted molar refractivity (Wildman–Crippen MR) is 126 cm³/mol. The van der Waals surface area contributed by atoms with Gasteiger partial charge < -0.3 is 14.7 Å². The average Bonchev–Trinajstić information content (AvgIpc) is 2.69. The number of piperidine rings is 1. The first-order valence-electron chi connectivity index (χ1n) is 9.88. The monoisotopic (exact) mass is 488 g/mol. The van der Waals surface area contributed by atoms with Gasteiger partial charge in [-0.1, -0.05) is 35.9 Å². The molecular formula is C22H30Cl2N2O4S. The molecule has 6 nitrogen and oxygen atoms in total. The average molecular weight is 489 g/mol. The minimum atomic E-state index is -3.55. The molecule has 1 fully saturated rings. The molecule has 1 N–H and O–H groups in total. The van der Waals surface area contributed by atoms with Crippen molar-refractivity contribution in [2.24, 2.45) is 5.92 Å². The van der Waals surface area contributed by atoms with E-state index in [0.29, 0.717) is 29.3 Å². The Morgan fingerprint density at radius 2 is 1.94 bits per heavy atom. The van der Waals surface area contributed by atoms with Gasteiger partial charge in [0.2, 0.25) is 10.0 Å². The summed E-state index contributed by atoms with van der Waals surface area (Å²) < 4.78 is 33.0. The Morgan fingerprint density at radius 1 is 1.23 bits per heavy atom. The maximum Gasteiger partial charge on any atom is 0.218 e. The second-order valence-corrected chi connectivity index (χ2v) is 10.5. The third-order valence-electron chi connectivity index (χ3n) is 5.63. The highest BCUT2D eigenvalue weighted by molar-refractivity contribution is 7.88. The zero-order chi connectivity index (χ0) is 21.9. The number of halogens is 2. The summed E-state index contributed by atoms with van der Waals surface area (Å²) in [6, 6.07) is 14.3. The van der Waals surface area contributed by atoms with Crippen LogP contribution < -0.4 is 4.74 Å². The summed E-state index contributed by atoms with van der Waals surface area (Å²) in [7, 11) is 1.89. The summed E-state index contributed by atoms with van der Waals surface area (Å²) in [5, 5.41) is 12.2. The smallest absolute Gasteiger partial charge is 0.218 e. The van der Waals surface area contributed by atoms with E-state index in [1.54, 1.807) is 31.4 Å². The summed E-state index contributed by atoms with van der Waals surface area (Å²) in [4.78, 5) is 1.98. The molecule has 31 heavy (non-hydrogen) atoms. The fourth-order valence-corrected chi connectivity index (χ4v) is 5.86. The summed E-state index contributed by atoms with van der Waals surface area (Å²) in [6.07, 6.45) is 0.313. The first-order valence-corrected chi connectivity index (χ1v) is 11.9. The van der Waals surface area contributed by atoms with Gasteiger partial charge in [0.1, 0.15) is 5.75 Å². The number of sulfonamides is 1. The van der Waals surface area contributed by atoms with Crippen molar-refractivity contribution in [3.63, 3.8) is 0 Å². The van der Waals surface area contributed by atoms with Crippen LogP contribution >= 0.6 is 24.0 Å². The van der Waals surface area contributed by atoms with E-state index < -0.39 is 15.6 Å². The lowest BCUT2D eigenvalue weighted by atomic mass is 9.76. The second kappa shape index (κ2) is 10.5. The molecule has 2 aromatic rings. The van der Waals surface area contributed by atoms with Gasteiger partial charge in [-0.05, 0) is 55.9 Å². The van der Waals surface area contributed by atoms with Gasteiger partial charge in [0.15, 0.2) is 0 Å². The van der Waals surface area contributed by atoms with Crippen molar-refractivity contribution in [1.29, 1.82) is 0 Å². The van der Waals surface area contributed by atoms with Crippen LogP contribution in [0.5, 0.6) is 5.75 Å². The van der Waals surface area contributed by atoms with Crippen LogP contribution in [0.3, 0.4) is 0 Å². The minimum absolute atomic E-state index is 0. The molecule has 1 saturated heterocycles. The van der Waals surface area contributed by atoms with Crippen LogP contribution in [0.25, 0.3) is 0 Å². The lowest BCUT2D eigenvalue weighted by Crippen LogP contribution is -2.54. The number of hydrogen-bond donors (Lipinski definition) is 1. The SMILES string of the molecule is COc1cccc(C2(O)CCN(S(=O)(=O)Cc3cccc(Cl)c3)CC2CN(C)C)c1.Cl. The molecule has 0 saturated carbocycles. The molecule has 2 aromatic carbocycles. The van der Waals surface area contributed by atoms with Crippen molar-refractivity contribution in [3.8, 4) is 5.75 Å². The third kappa shape index (κ3) is 6.12. The first kappa shape index (κ1) is 25.9. The lowest BCUT2D eigenvalue weighted by Gasteiger charge is -2.45. The van der Waals surface area contributed by atoms with Crippen LogP contribution in [0.4, 0.5) is 0 Å². The van der Waals surface area contributed by atoms with Crippen LogP contribution in [-0.4, -0.2) is 63.6 Å². The van der Waals surface area contributed by atoms with Crippen molar-refractivity contribution in [2.75, 3.05) is 40.8 Å². The van der Waals surface area contributed by atoms with Gasteiger partial charge in [0.05, 0.1) is 18.5 Å². The van der Waals surface area contributed by atoms with Gasteiger partial charge in [-0.2, -0.15) is 0 Å². The molecule has 9 heteroatoms. The van der Waals surface area contributed by atoms with Crippen LogP contribution in [0.1, 0.15) is 17.5 Å². The van der Waals surface area contributed by atoms with Crippen LogP contribution in [-0.2, 0) is 21.4 Å². The van der Waals surface area contributed by atoms with Gasteiger partial charge in [-0.3, -0.25) is 0 Å². The van der Waals surface area contributed by atoms with Gasteiger partial charge in [-0.15, -0.1) is 12.4 Å². The van der Waals surface area contributed by atoms with Crippen molar-refractivity contribution < 1.29 is 18.3 Å². The maximum absolute atomic E-state index is 13.1. The van der Waals surface area contributed by atoms with Crippen LogP contribution in [0.15, 0.2) is 48.5 Å². The van der Waals surface area contributed by atoms with Gasteiger partial charge in [0.25, 0.3) is 0 Å². The van der Waals surface area contributed by atoms with E-state index >= 15 is 0 Å². The molecule has 2 atom stereocenters. The second-order valence-electron chi connectivity index (χ2n) is 8.11. The molecule has 3 rings (SSSR count). The quantitative estimate of drug-likeness (QED) is 0.646. The molecule has 1 heterocycles. The molecule has 0 spiro atoms. The van der Waals surface area contributed by atoms with E-state index in [9.17, 15) is 13.5 Å². The van der Waals surface area contributed by atoms with Crippen molar-refractivity contribution in [3.05, 3.63) is 64.7 Å². The summed E-state index contributed by atoms with van der Waals surface area (Å²) in [5.41, 5.74) is 0.266. The van der Waals surface area contributed by atoms with Crippen molar-refractivity contribution in [2.45, 2.75) is 17.8 Å². The van der Waals surface area contributed by atoms with E-state index in [0.717, 1.165) is 5.56 Å². The third-order valence-corrected chi connectivity index (χ3v) is 7.68. The van der Waals surface area contributed by atoms with Gasteiger partial charge in [-0.25, -0.2) is 12.7 Å². The van der Waals surface area contributed by atoms with E-state index in [1.807, 2.05) is 43.3 Å². The Labute approximate surface area is 196 Å². The highest BCUT2D eigenvalue weighted by Crippen LogP contribution is 2.40. The maximum atomic E-state index is 13.1. The lowest BCUT2D eigenvalue weighted by molar-refractivity contribution is -0.0698. The highest BCUT2D eigenvalue weighted by atomic mass is 35.5. The molecule has 0 amide bonds. The Morgan fingerprint density at radius 3 is 2.58 bits per heavy atom. The summed E-state index contributed by atoms with van der Waals surface area (Å²) >= 11 is 6.01. The predicted octanol–water partition coefficient (Wildman–Crippen LogP) is 3.37. The molecule has 0 aromatic heterocycles. The number of nitrogens with zero attached hydrogens (tertiary/aromatic N) is 2. The molecular weight excluding hydrogens is 459 g/mol. The zero-order valence-electron chi connectivity index (χ0n) is 18.0. The van der Waals surface area contributed by atoms with Gasteiger partial charge in [0, 0.05) is 30.6 Å². The molecule has 0 radical (unpaired) electrons. The Kier molecular flexibility index (Phi) is 8.78. The van der Waals surface area contributed by atoms with E-state index in [-0.39, 0.29) is 37.2 Å². The Hall–Kier alpha value is -1.35. The Balaban J connectivity index is 0.00000341. The number of benzene rings is 2. The van der Waals surface area contributed by atoms with E-state index in [4.69, 9.17) is 16.3 Å². The van der Waals surface area contributed by atoms with Gasteiger partial charge >= 0.3 is 0 Å². The summed E-state index contributed by atoms with van der Waals surface area (Å²) in [5.74, 6) is 0.267. The van der Waals surface area contributed by atoms with Crippen LogP contribution in [0, 0.1) is 5.92 Å². The minimum Gasteiger partial charge on any atom is -0.497 e. The molecule has 1 aliphatic heterocycles. The van der Waals surface area contributed by atoms with E-state index in [1.165, 1.54) is 4.31 Å². The number of aliphatic hydroxyl groups is 1. The van der Waals surface area contributed by atoms with Crippen molar-refractivity contribution >= 4 is 34.0 Å². The Bertz CT molecular complexity index is 987. The number of rotatable bonds is 7. The fourth-order valence-electron chi connectivity index (χ4n) is 4.09. The molecule has 1 aliphatic rings. The topological polar surface area (TPSA) is 70.1 Å². The van der Waals surface area contributed by atoms with E-state index in [2.05, 4.69) is 0 Å². The molecule has 0 bridgehead atoms. The standard InChI is InChI=1S/C22H29ClN2O4S.ClH/c1-24(2)14-19-15-25(30(27,28)16-17-6-4-8-20(23)12-17)11-10-22(19,26)18-7-5-9-21(13-18)29-3;/h4-9,12-13,19,26H,10-11,14-16H2,1-3H3;1H. The summed E-state index contributed by atoms with van der Waals surface area (Å²) in [6.45, 7) is 1.05. The zero-order valence-corrected chi connectivity index (χ0v) is 20.4. The number of methoxy groups -OCH3 is 1. The highest BCUT2D eigenvalue weighted by Gasteiger charge is 2.45. The number of ether oxygens (including phenoxy) is 1. The normalized spacial score (nSPS) is 22.2. The largest absolute Gasteiger partial charge is 0.497 e. The number of hydrogen-bond acceptors (Lipinski definition) is 5. The van der Waals surface area contributed by atoms with Crippen LogP contribution in [0.2, 0.25) is 5.02 Å². The first-order chi connectivity index (χ1) is 14.1. The molecule has 2 unspecified atom stereocenters. The van der Waals surface area contributed by atoms with Crippen molar-refractivity contribution in [1.82, 2.24) is 9.21 Å².